The van der Waals surface area contributed by atoms with E-state index in [4.69, 9.17) is 14.2 Å². The van der Waals surface area contributed by atoms with E-state index >= 15 is 0 Å². The third kappa shape index (κ3) is 3.79. The molecule has 0 fully saturated rings. The number of benzene rings is 2. The van der Waals surface area contributed by atoms with Crippen LogP contribution in [0, 0.1) is 0 Å². The van der Waals surface area contributed by atoms with Gasteiger partial charge in [0.15, 0.2) is 11.5 Å². The highest BCUT2D eigenvalue weighted by atomic mass is 79.9. The summed E-state index contributed by atoms with van der Waals surface area (Å²) in [7, 11) is 1.68. The molecule has 0 saturated heterocycles. The van der Waals surface area contributed by atoms with Gasteiger partial charge in [-0.15, -0.1) is 0 Å². The summed E-state index contributed by atoms with van der Waals surface area (Å²) in [4.78, 5) is 0. The maximum atomic E-state index is 5.67. The fraction of sp³-hybridized carbons (Fsp3) is 0.333. The van der Waals surface area contributed by atoms with E-state index in [0.29, 0.717) is 13.2 Å². The molecule has 4 nitrogen and oxygen atoms in total. The third-order valence-corrected chi connectivity index (χ3v) is 4.59. The van der Waals surface area contributed by atoms with Gasteiger partial charge >= 0.3 is 0 Å². The Kier molecular flexibility index (Phi) is 5.08. The monoisotopic (exact) mass is 377 g/mol. The summed E-state index contributed by atoms with van der Waals surface area (Å²) in [6, 6.07) is 12.3. The van der Waals surface area contributed by atoms with Gasteiger partial charge in [0.05, 0.1) is 7.11 Å². The van der Waals surface area contributed by atoms with Crippen LogP contribution >= 0.6 is 15.9 Å². The summed E-state index contributed by atoms with van der Waals surface area (Å²) < 4.78 is 17.5. The van der Waals surface area contributed by atoms with Crippen molar-refractivity contribution < 1.29 is 14.2 Å². The molecular formula is C18H20BrNO3. The van der Waals surface area contributed by atoms with Crippen LogP contribution in [0.15, 0.2) is 40.9 Å². The summed E-state index contributed by atoms with van der Waals surface area (Å²) in [5, 5.41) is 3.53. The zero-order valence-corrected chi connectivity index (χ0v) is 14.9. The van der Waals surface area contributed by atoms with Crippen molar-refractivity contribution in [1.29, 1.82) is 0 Å². The summed E-state index contributed by atoms with van der Waals surface area (Å²) in [5.74, 6) is 2.48. The van der Waals surface area contributed by atoms with Crippen molar-refractivity contribution in [3.8, 4) is 17.2 Å². The highest BCUT2D eigenvalue weighted by molar-refractivity contribution is 9.10. The van der Waals surface area contributed by atoms with Crippen molar-refractivity contribution >= 4 is 15.9 Å². The van der Waals surface area contributed by atoms with Crippen LogP contribution in [0.1, 0.15) is 24.1 Å². The average Bonchev–Trinajstić information content (AvgIpc) is 2.59. The number of nitrogens with one attached hydrogen (secondary N) is 1. The first-order valence-corrected chi connectivity index (χ1v) is 8.42. The van der Waals surface area contributed by atoms with Crippen molar-refractivity contribution in [3.05, 3.63) is 52.0 Å². The van der Waals surface area contributed by atoms with Gasteiger partial charge in [-0.3, -0.25) is 0 Å². The molecule has 0 spiro atoms. The zero-order chi connectivity index (χ0) is 16.2. The molecule has 122 valence electrons. The fourth-order valence-corrected chi connectivity index (χ4v) is 3.20. The van der Waals surface area contributed by atoms with E-state index in [1.807, 2.05) is 24.3 Å². The number of rotatable bonds is 5. The molecule has 0 saturated carbocycles. The van der Waals surface area contributed by atoms with Crippen LogP contribution in [-0.4, -0.2) is 20.3 Å². The van der Waals surface area contributed by atoms with Gasteiger partial charge in [-0.1, -0.05) is 28.1 Å². The molecule has 1 heterocycles. The average molecular weight is 378 g/mol. The van der Waals surface area contributed by atoms with Gasteiger partial charge in [-0.2, -0.15) is 0 Å². The molecule has 3 rings (SSSR count). The molecule has 0 aliphatic carbocycles. The Morgan fingerprint density at radius 1 is 1.13 bits per heavy atom. The van der Waals surface area contributed by atoms with Crippen LogP contribution < -0.4 is 19.5 Å². The minimum absolute atomic E-state index is 0.183. The smallest absolute Gasteiger partial charge is 0.162 e. The number of methoxy groups -OCH3 is 1. The Balaban J connectivity index is 1.68. The molecule has 23 heavy (non-hydrogen) atoms. The molecule has 0 radical (unpaired) electrons. The normalized spacial score (nSPS) is 14.4. The van der Waals surface area contributed by atoms with Gasteiger partial charge in [0, 0.05) is 17.1 Å². The van der Waals surface area contributed by atoms with E-state index in [9.17, 15) is 0 Å². The molecule has 0 aromatic heterocycles. The Labute approximate surface area is 144 Å². The zero-order valence-electron chi connectivity index (χ0n) is 13.3. The van der Waals surface area contributed by atoms with E-state index in [1.54, 1.807) is 7.11 Å². The molecule has 2 aromatic carbocycles. The predicted molar refractivity (Wildman–Crippen MR) is 93.4 cm³/mol. The van der Waals surface area contributed by atoms with Gasteiger partial charge in [0.25, 0.3) is 0 Å². The maximum absolute atomic E-state index is 5.67. The molecule has 0 bridgehead atoms. The lowest BCUT2D eigenvalue weighted by Gasteiger charge is -2.22. The second kappa shape index (κ2) is 7.23. The molecule has 1 N–H and O–H groups in total. The molecule has 1 atom stereocenters. The molecule has 1 aliphatic rings. The van der Waals surface area contributed by atoms with Crippen LogP contribution in [0.3, 0.4) is 0 Å². The van der Waals surface area contributed by atoms with Crippen molar-refractivity contribution in [2.45, 2.75) is 19.5 Å². The molecule has 5 heteroatoms. The number of hydrogen-bond acceptors (Lipinski definition) is 4. The predicted octanol–water partition coefficient (Wildman–Crippen LogP) is 4.08. The van der Waals surface area contributed by atoms with Gasteiger partial charge < -0.3 is 19.5 Å². The third-order valence-electron chi connectivity index (χ3n) is 3.90. The Hall–Kier alpha value is -1.72. The highest BCUT2D eigenvalue weighted by Crippen LogP contribution is 2.37. The molecule has 1 unspecified atom stereocenters. The largest absolute Gasteiger partial charge is 0.497 e. The Bertz CT molecular complexity index is 673. The second-order valence-corrected chi connectivity index (χ2v) is 6.32. The van der Waals surface area contributed by atoms with Gasteiger partial charge in [0.2, 0.25) is 0 Å². The van der Waals surface area contributed by atoms with Crippen molar-refractivity contribution in [3.63, 3.8) is 0 Å². The van der Waals surface area contributed by atoms with Crippen LogP contribution in [0.5, 0.6) is 17.2 Å². The highest BCUT2D eigenvalue weighted by Gasteiger charge is 2.17. The quantitative estimate of drug-likeness (QED) is 0.851. The number of hydrogen-bond donors (Lipinski definition) is 1. The topological polar surface area (TPSA) is 39.7 Å². The van der Waals surface area contributed by atoms with Crippen molar-refractivity contribution in [2.75, 3.05) is 20.3 Å². The van der Waals surface area contributed by atoms with Crippen molar-refractivity contribution in [1.82, 2.24) is 5.32 Å². The summed E-state index contributed by atoms with van der Waals surface area (Å²) in [6.45, 7) is 4.12. The molecule has 0 amide bonds. The number of ether oxygens (including phenoxy) is 3. The standard InChI is InChI=1S/C18H20BrNO3/c1-12(20-11-13-3-5-14(21-2)6-4-13)15-9-17-18(10-16(15)19)23-8-7-22-17/h3-6,9-10,12,20H,7-8,11H2,1-2H3. The second-order valence-electron chi connectivity index (χ2n) is 5.47. The summed E-state index contributed by atoms with van der Waals surface area (Å²) in [6.07, 6.45) is 0. The van der Waals surface area contributed by atoms with E-state index in [1.165, 1.54) is 5.56 Å². The fourth-order valence-electron chi connectivity index (χ4n) is 2.54. The lowest BCUT2D eigenvalue weighted by atomic mass is 10.1. The molecule has 1 aliphatic heterocycles. The number of halogens is 1. The summed E-state index contributed by atoms with van der Waals surface area (Å²) in [5.41, 5.74) is 2.37. The van der Waals surface area contributed by atoms with E-state index < -0.39 is 0 Å². The first-order valence-electron chi connectivity index (χ1n) is 7.62. The first-order chi connectivity index (χ1) is 11.2. The van der Waals surface area contributed by atoms with Crippen molar-refractivity contribution in [2.24, 2.45) is 0 Å². The lowest BCUT2D eigenvalue weighted by Crippen LogP contribution is -2.20. The van der Waals surface area contributed by atoms with Crippen LogP contribution in [0.2, 0.25) is 0 Å². The van der Waals surface area contributed by atoms with E-state index in [0.717, 1.165) is 33.8 Å². The first kappa shape index (κ1) is 16.1. The molecular weight excluding hydrogens is 358 g/mol. The number of fused-ring (bicyclic) bond motifs is 1. The van der Waals surface area contributed by atoms with Gasteiger partial charge in [-0.05, 0) is 42.3 Å². The summed E-state index contributed by atoms with van der Waals surface area (Å²) >= 11 is 3.63. The van der Waals surface area contributed by atoms with Crippen LogP contribution in [0.25, 0.3) is 0 Å². The SMILES string of the molecule is COc1ccc(CNC(C)c2cc3c(cc2Br)OCCO3)cc1. The van der Waals surface area contributed by atoms with Gasteiger partial charge in [-0.25, -0.2) is 0 Å². The Morgan fingerprint density at radius 2 is 1.78 bits per heavy atom. The minimum atomic E-state index is 0.183. The lowest BCUT2D eigenvalue weighted by molar-refractivity contribution is 0.171. The van der Waals surface area contributed by atoms with Crippen LogP contribution in [-0.2, 0) is 6.54 Å². The van der Waals surface area contributed by atoms with E-state index in [2.05, 4.69) is 40.3 Å². The van der Waals surface area contributed by atoms with E-state index in [-0.39, 0.29) is 6.04 Å². The minimum Gasteiger partial charge on any atom is -0.497 e. The molecule has 2 aromatic rings. The van der Waals surface area contributed by atoms with Gasteiger partial charge in [0.1, 0.15) is 19.0 Å². The maximum Gasteiger partial charge on any atom is 0.162 e. The van der Waals surface area contributed by atoms with Crippen LogP contribution in [0.4, 0.5) is 0 Å². The Morgan fingerprint density at radius 3 is 2.43 bits per heavy atom.